The Hall–Kier alpha value is -1.10. The molecule has 18 heavy (non-hydrogen) atoms. The molecule has 0 aromatic carbocycles. The number of carbonyl (C=O) groups is 2. The van der Waals surface area contributed by atoms with Crippen LogP contribution in [-0.2, 0) is 14.3 Å². The van der Waals surface area contributed by atoms with Gasteiger partial charge in [-0.3, -0.25) is 14.5 Å². The number of piperidine rings is 1. The lowest BCUT2D eigenvalue weighted by Crippen LogP contribution is -2.44. The maximum atomic E-state index is 11.7. The predicted molar refractivity (Wildman–Crippen MR) is 69.1 cm³/mol. The molecule has 0 aromatic heterocycles. The van der Waals surface area contributed by atoms with Gasteiger partial charge in [0.15, 0.2) is 0 Å². The summed E-state index contributed by atoms with van der Waals surface area (Å²) in [6.07, 6.45) is 2.50. The van der Waals surface area contributed by atoms with Crippen LogP contribution < -0.4 is 5.32 Å². The zero-order chi connectivity index (χ0) is 13.5. The number of hydrogen-bond donors (Lipinski definition) is 1. The molecular formula is C13H24N2O3. The second-order valence-electron chi connectivity index (χ2n) is 4.95. The maximum absolute atomic E-state index is 11.7. The molecule has 0 radical (unpaired) electrons. The quantitative estimate of drug-likeness (QED) is 0.739. The van der Waals surface area contributed by atoms with Crippen molar-refractivity contribution in [2.45, 2.75) is 39.2 Å². The molecule has 0 saturated carbocycles. The van der Waals surface area contributed by atoms with Crippen LogP contribution in [0, 0.1) is 5.92 Å². The Labute approximate surface area is 109 Å². The van der Waals surface area contributed by atoms with Crippen molar-refractivity contribution in [1.29, 1.82) is 0 Å². The maximum Gasteiger partial charge on any atom is 0.308 e. The van der Waals surface area contributed by atoms with Crippen LogP contribution in [0.3, 0.4) is 0 Å². The molecular weight excluding hydrogens is 232 g/mol. The molecule has 104 valence electrons. The summed E-state index contributed by atoms with van der Waals surface area (Å²) < 4.78 is 4.74. The van der Waals surface area contributed by atoms with E-state index in [9.17, 15) is 9.59 Å². The van der Waals surface area contributed by atoms with Crippen LogP contribution in [0.15, 0.2) is 0 Å². The summed E-state index contributed by atoms with van der Waals surface area (Å²) >= 11 is 0. The first kappa shape index (κ1) is 15.0. The van der Waals surface area contributed by atoms with Crippen molar-refractivity contribution in [3.63, 3.8) is 0 Å². The standard InChI is InChI=1S/C13H24N2O3/c1-4-10(2)14-12(16)9-15-7-5-11(6-8-15)13(17)18-3/h10-11H,4-9H2,1-3H3,(H,14,16). The first-order valence-corrected chi connectivity index (χ1v) is 6.66. The van der Waals surface area contributed by atoms with Crippen molar-refractivity contribution in [1.82, 2.24) is 10.2 Å². The molecule has 0 bridgehead atoms. The van der Waals surface area contributed by atoms with E-state index in [4.69, 9.17) is 4.74 Å². The molecule has 5 heteroatoms. The fraction of sp³-hybridized carbons (Fsp3) is 0.846. The van der Waals surface area contributed by atoms with E-state index in [2.05, 4.69) is 10.2 Å². The van der Waals surface area contributed by atoms with E-state index in [1.54, 1.807) is 0 Å². The number of likely N-dealkylation sites (tertiary alicyclic amines) is 1. The highest BCUT2D eigenvalue weighted by Crippen LogP contribution is 2.17. The summed E-state index contributed by atoms with van der Waals surface area (Å²) in [5.74, 6) is -0.0524. The molecule has 1 atom stereocenters. The van der Waals surface area contributed by atoms with Crippen molar-refractivity contribution >= 4 is 11.9 Å². The predicted octanol–water partition coefficient (Wildman–Crippen LogP) is 0.786. The molecule has 1 aliphatic heterocycles. The van der Waals surface area contributed by atoms with Crippen LogP contribution in [0.4, 0.5) is 0 Å². The first-order chi connectivity index (χ1) is 8.56. The Balaban J connectivity index is 2.27. The average molecular weight is 256 g/mol. The normalized spacial score (nSPS) is 19.3. The Bertz CT molecular complexity index is 286. The van der Waals surface area contributed by atoms with Crippen molar-refractivity contribution < 1.29 is 14.3 Å². The van der Waals surface area contributed by atoms with Gasteiger partial charge in [0.2, 0.25) is 5.91 Å². The highest BCUT2D eigenvalue weighted by molar-refractivity contribution is 5.78. The molecule has 1 heterocycles. The summed E-state index contributed by atoms with van der Waals surface area (Å²) in [7, 11) is 1.42. The second-order valence-corrected chi connectivity index (χ2v) is 4.95. The summed E-state index contributed by atoms with van der Waals surface area (Å²) in [6, 6.07) is 0.227. The Morgan fingerprint density at radius 2 is 2.00 bits per heavy atom. The van der Waals surface area contributed by atoms with E-state index in [1.807, 2.05) is 13.8 Å². The van der Waals surface area contributed by atoms with Gasteiger partial charge in [0.1, 0.15) is 0 Å². The average Bonchev–Trinajstić information content (AvgIpc) is 2.38. The lowest BCUT2D eigenvalue weighted by molar-refractivity contribution is -0.147. The fourth-order valence-electron chi connectivity index (χ4n) is 2.12. The number of hydrogen-bond acceptors (Lipinski definition) is 4. The molecule has 1 unspecified atom stereocenters. The smallest absolute Gasteiger partial charge is 0.308 e. The van der Waals surface area contributed by atoms with Gasteiger partial charge in [-0.05, 0) is 39.3 Å². The van der Waals surface area contributed by atoms with Crippen LogP contribution >= 0.6 is 0 Å². The summed E-state index contributed by atoms with van der Waals surface area (Å²) in [4.78, 5) is 25.2. The number of nitrogens with one attached hydrogen (secondary N) is 1. The molecule has 0 aliphatic carbocycles. The highest BCUT2D eigenvalue weighted by Gasteiger charge is 2.26. The van der Waals surface area contributed by atoms with Gasteiger partial charge in [-0.1, -0.05) is 6.92 Å². The monoisotopic (exact) mass is 256 g/mol. The Morgan fingerprint density at radius 3 is 2.50 bits per heavy atom. The number of esters is 1. The van der Waals surface area contributed by atoms with Crippen molar-refractivity contribution in [2.75, 3.05) is 26.7 Å². The third-order valence-electron chi connectivity index (χ3n) is 3.51. The van der Waals surface area contributed by atoms with Crippen LogP contribution in [0.1, 0.15) is 33.1 Å². The summed E-state index contributed by atoms with van der Waals surface area (Å²) in [5.41, 5.74) is 0. The van der Waals surface area contributed by atoms with Gasteiger partial charge in [0, 0.05) is 6.04 Å². The number of nitrogens with zero attached hydrogens (tertiary/aromatic N) is 1. The second kappa shape index (κ2) is 7.36. The Morgan fingerprint density at radius 1 is 1.39 bits per heavy atom. The molecule has 1 aliphatic rings. The molecule has 1 N–H and O–H groups in total. The molecule has 1 fully saturated rings. The van der Waals surface area contributed by atoms with E-state index in [0.29, 0.717) is 6.54 Å². The summed E-state index contributed by atoms with van der Waals surface area (Å²) in [6.45, 7) is 6.05. The minimum Gasteiger partial charge on any atom is -0.469 e. The van der Waals surface area contributed by atoms with Crippen molar-refractivity contribution in [3.8, 4) is 0 Å². The SMILES string of the molecule is CCC(C)NC(=O)CN1CCC(C(=O)OC)CC1. The molecule has 1 rings (SSSR count). The lowest BCUT2D eigenvalue weighted by Gasteiger charge is -2.30. The van der Waals surface area contributed by atoms with Crippen LogP contribution in [0.2, 0.25) is 0 Å². The molecule has 1 amide bonds. The highest BCUT2D eigenvalue weighted by atomic mass is 16.5. The van der Waals surface area contributed by atoms with Gasteiger partial charge in [0.25, 0.3) is 0 Å². The lowest BCUT2D eigenvalue weighted by atomic mass is 9.97. The minimum atomic E-state index is -0.126. The first-order valence-electron chi connectivity index (χ1n) is 6.66. The fourth-order valence-corrected chi connectivity index (χ4v) is 2.12. The van der Waals surface area contributed by atoms with Gasteiger partial charge in [0.05, 0.1) is 19.6 Å². The van der Waals surface area contributed by atoms with E-state index in [-0.39, 0.29) is 23.8 Å². The van der Waals surface area contributed by atoms with Gasteiger partial charge in [-0.15, -0.1) is 0 Å². The van der Waals surface area contributed by atoms with E-state index in [0.717, 1.165) is 32.4 Å². The van der Waals surface area contributed by atoms with Crippen molar-refractivity contribution in [3.05, 3.63) is 0 Å². The number of amides is 1. The van der Waals surface area contributed by atoms with Crippen LogP contribution in [0.25, 0.3) is 0 Å². The number of rotatable bonds is 5. The zero-order valence-corrected chi connectivity index (χ0v) is 11.6. The number of carbonyl (C=O) groups excluding carboxylic acids is 2. The van der Waals surface area contributed by atoms with E-state index in [1.165, 1.54) is 7.11 Å². The largest absolute Gasteiger partial charge is 0.469 e. The number of methoxy groups -OCH3 is 1. The summed E-state index contributed by atoms with van der Waals surface area (Å²) in [5, 5.41) is 2.95. The molecule has 0 aromatic rings. The van der Waals surface area contributed by atoms with Crippen LogP contribution in [-0.4, -0.2) is 49.6 Å². The third kappa shape index (κ3) is 4.64. The van der Waals surface area contributed by atoms with Gasteiger partial charge in [-0.2, -0.15) is 0 Å². The van der Waals surface area contributed by atoms with E-state index < -0.39 is 0 Å². The zero-order valence-electron chi connectivity index (χ0n) is 11.6. The van der Waals surface area contributed by atoms with Crippen molar-refractivity contribution in [2.24, 2.45) is 5.92 Å². The van der Waals surface area contributed by atoms with Crippen LogP contribution in [0.5, 0.6) is 0 Å². The Kier molecular flexibility index (Phi) is 6.12. The number of ether oxygens (including phenoxy) is 1. The third-order valence-corrected chi connectivity index (χ3v) is 3.51. The van der Waals surface area contributed by atoms with Gasteiger partial charge in [-0.25, -0.2) is 0 Å². The minimum absolute atomic E-state index is 0.00359. The van der Waals surface area contributed by atoms with E-state index >= 15 is 0 Å². The molecule has 1 saturated heterocycles. The molecule has 5 nitrogen and oxygen atoms in total. The van der Waals surface area contributed by atoms with Gasteiger partial charge < -0.3 is 10.1 Å². The topological polar surface area (TPSA) is 58.6 Å². The van der Waals surface area contributed by atoms with Gasteiger partial charge >= 0.3 is 5.97 Å². The molecule has 0 spiro atoms.